The zero-order valence-electron chi connectivity index (χ0n) is 23.5. The van der Waals surface area contributed by atoms with E-state index in [0.29, 0.717) is 30.6 Å². The highest BCUT2D eigenvalue weighted by Crippen LogP contribution is 2.52. The van der Waals surface area contributed by atoms with Gasteiger partial charge in [0.25, 0.3) is 0 Å². The lowest BCUT2D eigenvalue weighted by Gasteiger charge is -2.53. The fourth-order valence-electron chi connectivity index (χ4n) is 7.66. The highest BCUT2D eigenvalue weighted by molar-refractivity contribution is 6.33. The Bertz CT molecular complexity index is 1370. The summed E-state index contributed by atoms with van der Waals surface area (Å²) in [5.74, 6) is -9.71. The van der Waals surface area contributed by atoms with Gasteiger partial charge in [-0.1, -0.05) is 20.8 Å². The number of amides is 1. The Morgan fingerprint density at radius 3 is 2.42 bits per heavy atom. The number of ketones is 3. The average molecular weight is 557 g/mol. The Labute approximate surface area is 232 Å². The summed E-state index contributed by atoms with van der Waals surface area (Å²) in [4.78, 5) is 56.9. The highest BCUT2D eigenvalue weighted by atomic mass is 19.1. The summed E-state index contributed by atoms with van der Waals surface area (Å²) in [7, 11) is 3.11. The maximum Gasteiger partial charge on any atom is 0.233 e. The monoisotopic (exact) mass is 556 g/mol. The molecule has 5 rings (SSSR count). The minimum absolute atomic E-state index is 0.0306. The highest BCUT2D eigenvalue weighted by Gasteiger charge is 2.67. The number of phenols is 1. The molecule has 216 valence electrons. The smallest absolute Gasteiger partial charge is 0.233 e. The fraction of sp³-hybridized carbons (Fsp3) is 0.621. The molecule has 40 heavy (non-hydrogen) atoms. The number of aliphatic hydroxyl groups is 1. The molecule has 6 atom stereocenters. The van der Waals surface area contributed by atoms with E-state index in [0.717, 1.165) is 0 Å². The van der Waals surface area contributed by atoms with E-state index >= 15 is 4.39 Å². The summed E-state index contributed by atoms with van der Waals surface area (Å²) in [6.07, 6.45) is 0.297. The van der Waals surface area contributed by atoms with Crippen molar-refractivity contribution >= 4 is 29.0 Å². The van der Waals surface area contributed by atoms with E-state index in [1.807, 2.05) is 0 Å². The molecule has 2 fully saturated rings. The first-order valence-corrected chi connectivity index (χ1v) is 13.7. The number of benzene rings is 1. The second-order valence-electron chi connectivity index (χ2n) is 13.3. The zero-order chi connectivity index (χ0) is 29.6. The summed E-state index contributed by atoms with van der Waals surface area (Å²) in [5.41, 5.74) is 2.48. The quantitative estimate of drug-likeness (QED) is 0.398. The van der Waals surface area contributed by atoms with Crippen molar-refractivity contribution < 1.29 is 33.8 Å². The lowest BCUT2D eigenvalue weighted by molar-refractivity contribution is -0.157. The van der Waals surface area contributed by atoms with Gasteiger partial charge in [0.1, 0.15) is 17.5 Å². The summed E-state index contributed by atoms with van der Waals surface area (Å²) < 4.78 is 16.0. The molecule has 11 heteroatoms. The van der Waals surface area contributed by atoms with Crippen molar-refractivity contribution in [2.24, 2.45) is 34.8 Å². The standard InChI is InChI=1S/C29H37FN4O6/c1-28(2,3)11-34-7-6-13-15(10-34)22(35)18-14(20(13)30)8-12-9-16-21(33(4)5)24(37)19(27(32)39)25(31)29(16,40)26(38)17(12)23(18)36/h12,16-17,19,21,31,35,40H,6-11H2,1-5H3,(H2,32,39). The lowest BCUT2D eigenvalue weighted by atomic mass is 9.52. The molecule has 1 aromatic rings. The van der Waals surface area contributed by atoms with Crippen molar-refractivity contribution in [3.63, 3.8) is 0 Å². The van der Waals surface area contributed by atoms with Gasteiger partial charge >= 0.3 is 0 Å². The number of hydrogen-bond acceptors (Lipinski definition) is 9. The van der Waals surface area contributed by atoms with Gasteiger partial charge in [-0.25, -0.2) is 4.39 Å². The first-order valence-electron chi connectivity index (χ1n) is 13.7. The van der Waals surface area contributed by atoms with Crippen molar-refractivity contribution in [3.8, 4) is 5.75 Å². The molecule has 4 aliphatic rings. The second-order valence-corrected chi connectivity index (χ2v) is 13.3. The molecule has 1 heterocycles. The van der Waals surface area contributed by atoms with Gasteiger partial charge in [-0.15, -0.1) is 0 Å². The molecular formula is C29H37FN4O6. The van der Waals surface area contributed by atoms with Crippen LogP contribution in [0.1, 0.15) is 54.2 Å². The molecule has 1 aromatic carbocycles. The third-order valence-corrected chi connectivity index (χ3v) is 9.19. The number of Topliss-reactive ketones (excluding diaryl/α,β-unsaturated/α-hetero) is 3. The van der Waals surface area contributed by atoms with Gasteiger partial charge in [-0.3, -0.25) is 29.0 Å². The Balaban J connectivity index is 1.60. The number of nitrogens with zero attached hydrogens (tertiary/aromatic N) is 2. The van der Waals surface area contributed by atoms with Crippen LogP contribution < -0.4 is 5.73 Å². The fourth-order valence-corrected chi connectivity index (χ4v) is 7.66. The van der Waals surface area contributed by atoms with Gasteiger partial charge in [-0.05, 0) is 50.3 Å². The molecule has 3 aliphatic carbocycles. The summed E-state index contributed by atoms with van der Waals surface area (Å²) in [6, 6.07) is -1.12. The molecule has 0 spiro atoms. The molecular weight excluding hydrogens is 519 g/mol. The molecule has 0 bridgehead atoms. The van der Waals surface area contributed by atoms with Gasteiger partial charge < -0.3 is 21.4 Å². The van der Waals surface area contributed by atoms with Crippen LogP contribution >= 0.6 is 0 Å². The maximum atomic E-state index is 16.0. The van der Waals surface area contributed by atoms with Crippen LogP contribution in [0.15, 0.2) is 0 Å². The lowest BCUT2D eigenvalue weighted by Crippen LogP contribution is -2.73. The SMILES string of the molecule is CN(C)C1C(=O)C(C(N)=O)C(=N)C2(O)C(=O)C3C(=O)c4c(O)c5c(c(F)c4CC3CC12)CCN(CC(C)(C)C)C5. The van der Waals surface area contributed by atoms with Gasteiger partial charge in [0.2, 0.25) is 5.91 Å². The van der Waals surface area contributed by atoms with Crippen LogP contribution in [0.3, 0.4) is 0 Å². The van der Waals surface area contributed by atoms with Crippen molar-refractivity contribution in [1.82, 2.24) is 9.80 Å². The molecule has 1 amide bonds. The first-order chi connectivity index (χ1) is 18.5. The van der Waals surface area contributed by atoms with Crippen LogP contribution in [0.25, 0.3) is 0 Å². The van der Waals surface area contributed by atoms with Crippen LogP contribution in [0.5, 0.6) is 5.75 Å². The number of nitrogens with two attached hydrogens (primary N) is 1. The zero-order valence-corrected chi connectivity index (χ0v) is 23.5. The average Bonchev–Trinajstić information content (AvgIpc) is 2.83. The van der Waals surface area contributed by atoms with Gasteiger partial charge in [-0.2, -0.15) is 0 Å². The Morgan fingerprint density at radius 2 is 1.85 bits per heavy atom. The van der Waals surface area contributed by atoms with Crippen LogP contribution in [0.4, 0.5) is 4.39 Å². The number of carbonyl (C=O) groups is 4. The van der Waals surface area contributed by atoms with Crippen LogP contribution in [-0.2, 0) is 33.8 Å². The Kier molecular flexibility index (Phi) is 6.59. The molecule has 2 saturated carbocycles. The molecule has 10 nitrogen and oxygen atoms in total. The molecule has 5 N–H and O–H groups in total. The third kappa shape index (κ3) is 3.96. The number of nitrogens with one attached hydrogen (secondary N) is 1. The molecule has 0 radical (unpaired) electrons. The van der Waals surface area contributed by atoms with Gasteiger partial charge in [0.05, 0.1) is 23.2 Å². The van der Waals surface area contributed by atoms with Crippen molar-refractivity contribution in [2.75, 3.05) is 27.2 Å². The number of rotatable bonds is 3. The Hall–Kier alpha value is -3.02. The van der Waals surface area contributed by atoms with E-state index in [9.17, 15) is 29.4 Å². The van der Waals surface area contributed by atoms with Crippen molar-refractivity contribution in [1.29, 1.82) is 5.41 Å². The largest absolute Gasteiger partial charge is 0.507 e. The van der Waals surface area contributed by atoms with Gasteiger partial charge in [0, 0.05) is 36.7 Å². The summed E-state index contributed by atoms with van der Waals surface area (Å²) in [5, 5.41) is 31.7. The number of hydrogen-bond donors (Lipinski definition) is 4. The number of phenolic OH excluding ortho intramolecular Hbond substituents is 1. The molecule has 1 aliphatic heterocycles. The van der Waals surface area contributed by atoms with E-state index in [1.54, 1.807) is 14.1 Å². The summed E-state index contributed by atoms with van der Waals surface area (Å²) in [6.45, 7) is 7.78. The van der Waals surface area contributed by atoms with E-state index in [-0.39, 0.29) is 41.7 Å². The van der Waals surface area contributed by atoms with E-state index in [1.165, 1.54) is 4.90 Å². The van der Waals surface area contributed by atoms with Crippen LogP contribution in [0.2, 0.25) is 0 Å². The summed E-state index contributed by atoms with van der Waals surface area (Å²) >= 11 is 0. The Morgan fingerprint density at radius 1 is 1.20 bits per heavy atom. The second kappa shape index (κ2) is 9.25. The maximum absolute atomic E-state index is 16.0. The molecule has 0 aromatic heterocycles. The number of likely N-dealkylation sites (N-methyl/N-ethyl adjacent to an activating group) is 1. The number of halogens is 1. The topological polar surface area (TPSA) is 165 Å². The normalized spacial score (nSPS) is 32.5. The van der Waals surface area contributed by atoms with E-state index < -0.39 is 70.1 Å². The third-order valence-electron chi connectivity index (χ3n) is 9.19. The van der Waals surface area contributed by atoms with Crippen molar-refractivity contribution in [2.45, 2.75) is 58.2 Å². The minimum Gasteiger partial charge on any atom is -0.507 e. The van der Waals surface area contributed by atoms with Crippen molar-refractivity contribution in [3.05, 3.63) is 28.1 Å². The van der Waals surface area contributed by atoms with Gasteiger partial charge in [0.15, 0.2) is 23.0 Å². The number of primary amides is 1. The molecule has 6 unspecified atom stereocenters. The number of aromatic hydroxyl groups is 1. The predicted octanol–water partition coefficient (Wildman–Crippen LogP) is 0.861. The predicted molar refractivity (Wildman–Crippen MR) is 142 cm³/mol. The van der Waals surface area contributed by atoms with Crippen LogP contribution in [-0.4, -0.2) is 87.8 Å². The number of fused-ring (bicyclic) bond motifs is 4. The van der Waals surface area contributed by atoms with E-state index in [4.69, 9.17) is 11.1 Å². The first kappa shape index (κ1) is 28.5. The minimum atomic E-state index is -2.58. The van der Waals surface area contributed by atoms with E-state index in [2.05, 4.69) is 25.7 Å². The number of carbonyl (C=O) groups excluding carboxylic acids is 4. The molecule has 0 saturated heterocycles. The van der Waals surface area contributed by atoms with Crippen LogP contribution in [0, 0.1) is 40.3 Å².